The zero-order valence-corrected chi connectivity index (χ0v) is 11.4. The summed E-state index contributed by atoms with van der Waals surface area (Å²) in [5.41, 5.74) is 4.20. The predicted molar refractivity (Wildman–Crippen MR) is 71.3 cm³/mol. The molecule has 0 saturated carbocycles. The third-order valence-electron chi connectivity index (χ3n) is 2.88. The summed E-state index contributed by atoms with van der Waals surface area (Å²) in [5.74, 6) is -0.590. The number of nitrogens with two attached hydrogens (primary N) is 1. The second-order valence-electron chi connectivity index (χ2n) is 4.48. The van der Waals surface area contributed by atoms with Crippen LogP contribution >= 0.6 is 0 Å². The molecule has 2 N–H and O–H groups in total. The zero-order valence-electron chi connectivity index (χ0n) is 11.4. The molecule has 0 unspecified atom stereocenters. The first-order valence-corrected chi connectivity index (χ1v) is 6.57. The van der Waals surface area contributed by atoms with Crippen molar-refractivity contribution < 1.29 is 18.0 Å². The Kier molecular flexibility index (Phi) is 6.01. The maximum Gasteiger partial charge on any atom is 0.417 e. The topological polar surface area (TPSA) is 46.3 Å². The molecule has 0 aliphatic heterocycles. The number of carbonyl (C=O) groups excluding carboxylic acids is 1. The summed E-state index contributed by atoms with van der Waals surface area (Å²) in [4.78, 5) is 13.7. The van der Waals surface area contributed by atoms with Crippen molar-refractivity contribution in [3.8, 4) is 0 Å². The maximum absolute atomic E-state index is 12.9. The average Bonchev–Trinajstić information content (AvgIpc) is 2.42. The first-order chi connectivity index (χ1) is 9.41. The Hall–Kier alpha value is -1.56. The third kappa shape index (κ3) is 4.23. The fraction of sp³-hybridized carbons (Fsp3) is 0.500. The van der Waals surface area contributed by atoms with Gasteiger partial charge in [0.15, 0.2) is 0 Å². The van der Waals surface area contributed by atoms with E-state index in [0.717, 1.165) is 6.07 Å². The summed E-state index contributed by atoms with van der Waals surface area (Å²) < 4.78 is 38.8. The fourth-order valence-electron chi connectivity index (χ4n) is 1.95. The molecule has 1 aromatic rings. The number of halogens is 3. The highest BCUT2D eigenvalue weighted by atomic mass is 19.4. The van der Waals surface area contributed by atoms with Crippen molar-refractivity contribution in [1.82, 2.24) is 4.90 Å². The van der Waals surface area contributed by atoms with Gasteiger partial charge >= 0.3 is 6.18 Å². The summed E-state index contributed by atoms with van der Waals surface area (Å²) in [7, 11) is 0. The lowest BCUT2D eigenvalue weighted by Gasteiger charge is -2.23. The Morgan fingerprint density at radius 3 is 2.45 bits per heavy atom. The van der Waals surface area contributed by atoms with E-state index in [1.807, 2.05) is 6.92 Å². The monoisotopic (exact) mass is 288 g/mol. The Labute approximate surface area is 116 Å². The molecule has 0 saturated heterocycles. The van der Waals surface area contributed by atoms with E-state index in [0.29, 0.717) is 32.5 Å². The maximum atomic E-state index is 12.9. The van der Waals surface area contributed by atoms with Gasteiger partial charge < -0.3 is 10.6 Å². The minimum Gasteiger partial charge on any atom is -0.339 e. The van der Waals surface area contributed by atoms with Crippen LogP contribution in [0.4, 0.5) is 13.2 Å². The number of hydrogen-bond donors (Lipinski definition) is 1. The van der Waals surface area contributed by atoms with Crippen LogP contribution in [0.3, 0.4) is 0 Å². The largest absolute Gasteiger partial charge is 0.417 e. The van der Waals surface area contributed by atoms with Gasteiger partial charge in [-0.2, -0.15) is 13.2 Å². The van der Waals surface area contributed by atoms with Crippen LogP contribution in [0.25, 0.3) is 0 Å². The normalized spacial score (nSPS) is 11.4. The van der Waals surface area contributed by atoms with Crippen LogP contribution in [0.1, 0.15) is 35.7 Å². The standard InChI is InChI=1S/C14H19F3N2O/c1-2-9-19(10-5-8-18)13(20)11-6-3-4-7-12(11)14(15,16)17/h3-4,6-7H,2,5,8-10,18H2,1H3. The molecule has 0 spiro atoms. The van der Waals surface area contributed by atoms with Crippen molar-refractivity contribution in [2.45, 2.75) is 25.9 Å². The van der Waals surface area contributed by atoms with Crippen LogP contribution in [0.5, 0.6) is 0 Å². The summed E-state index contributed by atoms with van der Waals surface area (Å²) in [6, 6.07) is 4.87. The van der Waals surface area contributed by atoms with Gasteiger partial charge in [0.2, 0.25) is 0 Å². The third-order valence-corrected chi connectivity index (χ3v) is 2.88. The molecule has 0 aliphatic rings. The van der Waals surface area contributed by atoms with Crippen molar-refractivity contribution in [3.63, 3.8) is 0 Å². The van der Waals surface area contributed by atoms with Crippen molar-refractivity contribution in [1.29, 1.82) is 0 Å². The van der Waals surface area contributed by atoms with Crippen LogP contribution in [-0.4, -0.2) is 30.4 Å². The Bertz CT molecular complexity index is 446. The molecule has 0 radical (unpaired) electrons. The zero-order chi connectivity index (χ0) is 15.2. The summed E-state index contributed by atoms with van der Waals surface area (Å²) in [6.45, 7) is 3.06. The van der Waals surface area contributed by atoms with Gasteiger partial charge in [0.25, 0.3) is 5.91 Å². The number of hydrogen-bond acceptors (Lipinski definition) is 2. The van der Waals surface area contributed by atoms with E-state index in [-0.39, 0.29) is 5.56 Å². The fourth-order valence-corrected chi connectivity index (χ4v) is 1.95. The molecule has 0 heterocycles. The molecule has 3 nitrogen and oxygen atoms in total. The number of amides is 1. The summed E-state index contributed by atoms with van der Waals surface area (Å²) in [5, 5.41) is 0. The first kappa shape index (κ1) is 16.5. The van der Waals surface area contributed by atoms with E-state index in [1.54, 1.807) is 0 Å². The minimum atomic E-state index is -4.53. The van der Waals surface area contributed by atoms with Crippen LogP contribution in [0.2, 0.25) is 0 Å². The molecule has 112 valence electrons. The molecule has 1 amide bonds. The van der Waals surface area contributed by atoms with Crippen molar-refractivity contribution in [2.24, 2.45) is 5.73 Å². The molecule has 1 aromatic carbocycles. The highest BCUT2D eigenvalue weighted by Crippen LogP contribution is 2.32. The van der Waals surface area contributed by atoms with Gasteiger partial charge in [-0.1, -0.05) is 19.1 Å². The van der Waals surface area contributed by atoms with Gasteiger partial charge in [-0.3, -0.25) is 4.79 Å². The molecular weight excluding hydrogens is 269 g/mol. The number of nitrogens with zero attached hydrogens (tertiary/aromatic N) is 1. The van der Waals surface area contributed by atoms with E-state index in [4.69, 9.17) is 5.73 Å². The van der Waals surface area contributed by atoms with Gasteiger partial charge in [0.05, 0.1) is 11.1 Å². The Morgan fingerprint density at radius 2 is 1.90 bits per heavy atom. The van der Waals surface area contributed by atoms with E-state index < -0.39 is 17.6 Å². The van der Waals surface area contributed by atoms with Crippen LogP contribution in [0.15, 0.2) is 24.3 Å². The lowest BCUT2D eigenvalue weighted by Crippen LogP contribution is -2.34. The molecule has 0 fully saturated rings. The number of alkyl halides is 3. The van der Waals surface area contributed by atoms with E-state index in [9.17, 15) is 18.0 Å². The van der Waals surface area contributed by atoms with Crippen molar-refractivity contribution in [2.75, 3.05) is 19.6 Å². The highest BCUT2D eigenvalue weighted by molar-refractivity contribution is 5.95. The van der Waals surface area contributed by atoms with Crippen molar-refractivity contribution in [3.05, 3.63) is 35.4 Å². The predicted octanol–water partition coefficient (Wildman–Crippen LogP) is 2.91. The van der Waals surface area contributed by atoms with E-state index in [2.05, 4.69) is 0 Å². The molecule has 0 bridgehead atoms. The highest BCUT2D eigenvalue weighted by Gasteiger charge is 2.35. The quantitative estimate of drug-likeness (QED) is 0.875. The van der Waals surface area contributed by atoms with Gasteiger partial charge in [-0.25, -0.2) is 0 Å². The Balaban J connectivity index is 3.05. The molecule has 0 aromatic heterocycles. The minimum absolute atomic E-state index is 0.300. The number of carbonyl (C=O) groups is 1. The summed E-state index contributed by atoms with van der Waals surface area (Å²) >= 11 is 0. The molecule has 20 heavy (non-hydrogen) atoms. The Morgan fingerprint density at radius 1 is 1.25 bits per heavy atom. The summed E-state index contributed by atoms with van der Waals surface area (Å²) in [6.07, 6.45) is -3.28. The van der Waals surface area contributed by atoms with Crippen molar-refractivity contribution >= 4 is 5.91 Å². The molecule has 1 rings (SSSR count). The number of rotatable bonds is 6. The van der Waals surface area contributed by atoms with Gasteiger partial charge in [-0.15, -0.1) is 0 Å². The van der Waals surface area contributed by atoms with Gasteiger partial charge in [0.1, 0.15) is 0 Å². The van der Waals surface area contributed by atoms with Crippen LogP contribution in [0, 0.1) is 0 Å². The first-order valence-electron chi connectivity index (χ1n) is 6.57. The number of benzene rings is 1. The van der Waals surface area contributed by atoms with Gasteiger partial charge in [-0.05, 0) is 31.5 Å². The molecular formula is C14H19F3N2O. The molecule has 0 atom stereocenters. The molecule has 6 heteroatoms. The van der Waals surface area contributed by atoms with E-state index >= 15 is 0 Å². The SMILES string of the molecule is CCCN(CCCN)C(=O)c1ccccc1C(F)(F)F. The molecule has 0 aliphatic carbocycles. The lowest BCUT2D eigenvalue weighted by atomic mass is 10.1. The second-order valence-corrected chi connectivity index (χ2v) is 4.48. The van der Waals surface area contributed by atoms with Crippen LogP contribution in [-0.2, 0) is 6.18 Å². The second kappa shape index (κ2) is 7.28. The van der Waals surface area contributed by atoms with Gasteiger partial charge in [0, 0.05) is 13.1 Å². The average molecular weight is 288 g/mol. The lowest BCUT2D eigenvalue weighted by molar-refractivity contribution is -0.138. The van der Waals surface area contributed by atoms with Crippen LogP contribution < -0.4 is 5.73 Å². The van der Waals surface area contributed by atoms with E-state index in [1.165, 1.54) is 23.1 Å². The smallest absolute Gasteiger partial charge is 0.339 e.